The van der Waals surface area contributed by atoms with Gasteiger partial charge in [0.25, 0.3) is 5.91 Å². The monoisotopic (exact) mass is 517 g/mol. The van der Waals surface area contributed by atoms with Gasteiger partial charge in [0.2, 0.25) is 11.7 Å². The third kappa shape index (κ3) is 3.96. The van der Waals surface area contributed by atoms with Crippen molar-refractivity contribution in [2.24, 2.45) is 17.6 Å². The van der Waals surface area contributed by atoms with Crippen LogP contribution >= 0.6 is 0 Å². The van der Waals surface area contributed by atoms with Gasteiger partial charge in [-0.15, -0.1) is 0 Å². The van der Waals surface area contributed by atoms with Crippen LogP contribution in [0.15, 0.2) is 28.7 Å². The van der Waals surface area contributed by atoms with Crippen LogP contribution in [0.2, 0.25) is 0 Å². The summed E-state index contributed by atoms with van der Waals surface area (Å²) in [5.74, 6) is -9.43. The number of aromatic hydroxyl groups is 1. The Kier molecular flexibility index (Phi) is 6.59. The van der Waals surface area contributed by atoms with Gasteiger partial charge < -0.3 is 31.5 Å². The topological polar surface area (TPSA) is 190 Å². The van der Waals surface area contributed by atoms with Crippen molar-refractivity contribution in [1.29, 1.82) is 0 Å². The molecule has 37 heavy (non-hydrogen) atoms. The van der Waals surface area contributed by atoms with E-state index in [-0.39, 0.29) is 37.1 Å². The minimum Gasteiger partial charge on any atom is -0.511 e. The summed E-state index contributed by atoms with van der Waals surface area (Å²) in [5, 5.41) is 45.7. The van der Waals surface area contributed by atoms with Crippen LogP contribution in [0.4, 0.5) is 10.1 Å². The lowest BCUT2D eigenvalue weighted by atomic mass is 9.60. The highest BCUT2D eigenvalue weighted by Gasteiger charge is 2.59. The van der Waals surface area contributed by atoms with Crippen molar-refractivity contribution < 1.29 is 44.0 Å². The van der Waals surface area contributed by atoms with Crippen LogP contribution in [0.3, 0.4) is 0 Å². The predicted octanol–water partition coefficient (Wildman–Crippen LogP) is 1.000. The second-order valence-electron chi connectivity index (χ2n) is 9.53. The van der Waals surface area contributed by atoms with Gasteiger partial charge in [-0.1, -0.05) is 13.8 Å². The summed E-state index contributed by atoms with van der Waals surface area (Å²) in [5.41, 5.74) is 0.187. The molecule has 1 aromatic rings. The highest BCUT2D eigenvalue weighted by molar-refractivity contribution is 6.24. The molecule has 12 heteroatoms. The predicted molar refractivity (Wildman–Crippen MR) is 127 cm³/mol. The van der Waals surface area contributed by atoms with Crippen molar-refractivity contribution >= 4 is 29.1 Å². The van der Waals surface area contributed by atoms with Crippen molar-refractivity contribution in [3.05, 3.63) is 45.7 Å². The number of anilines is 1. The molecular weight excluding hydrogens is 489 g/mol. The number of phenols is 1. The third-order valence-corrected chi connectivity index (χ3v) is 7.54. The number of rotatable bonds is 6. The molecule has 0 radical (unpaired) electrons. The van der Waals surface area contributed by atoms with Crippen molar-refractivity contribution in [1.82, 2.24) is 4.90 Å². The molecule has 2 amide bonds. The van der Waals surface area contributed by atoms with Crippen molar-refractivity contribution in [3.8, 4) is 5.75 Å². The normalized spacial score (nSPS) is 25.1. The van der Waals surface area contributed by atoms with E-state index in [0.717, 1.165) is 6.07 Å². The number of amides is 2. The molecular formula is C25H28FN3O8. The molecule has 0 saturated carbocycles. The molecule has 1 unspecified atom stereocenters. The quantitative estimate of drug-likeness (QED) is 0.236. The maximum Gasteiger partial charge on any atom is 0.255 e. The number of benzene rings is 1. The lowest BCUT2D eigenvalue weighted by molar-refractivity contribution is -0.144. The molecule has 0 spiro atoms. The number of allylic oxidation sites excluding steroid dienone is 2. The van der Waals surface area contributed by atoms with E-state index in [1.807, 2.05) is 13.8 Å². The summed E-state index contributed by atoms with van der Waals surface area (Å²) in [6.45, 7) is 4.83. The van der Waals surface area contributed by atoms with E-state index in [2.05, 4.69) is 5.32 Å². The first kappa shape index (κ1) is 26.3. The number of ketones is 2. The first-order valence-electron chi connectivity index (χ1n) is 11.9. The van der Waals surface area contributed by atoms with Crippen LogP contribution in [-0.4, -0.2) is 73.9 Å². The number of Topliss-reactive ketones (excluding diaryl/α,β-unsaturated/α-hetero) is 2. The van der Waals surface area contributed by atoms with Crippen LogP contribution in [0.25, 0.3) is 0 Å². The van der Waals surface area contributed by atoms with Crippen LogP contribution < -0.4 is 11.1 Å². The Morgan fingerprint density at radius 3 is 2.43 bits per heavy atom. The third-order valence-electron chi connectivity index (χ3n) is 7.54. The number of hydrogen-bond acceptors (Lipinski definition) is 9. The maximum absolute atomic E-state index is 15.2. The average Bonchev–Trinajstić information content (AvgIpc) is 2.82. The summed E-state index contributed by atoms with van der Waals surface area (Å²) in [6, 6.07) is 0.910. The number of halogens is 1. The molecule has 0 heterocycles. The summed E-state index contributed by atoms with van der Waals surface area (Å²) >= 11 is 0. The minimum atomic E-state index is -2.71. The summed E-state index contributed by atoms with van der Waals surface area (Å²) in [7, 11) is 0. The van der Waals surface area contributed by atoms with Crippen LogP contribution in [-0.2, 0) is 20.8 Å². The van der Waals surface area contributed by atoms with E-state index in [0.29, 0.717) is 13.1 Å². The zero-order chi connectivity index (χ0) is 27.4. The number of carbonyl (C=O) groups excluding carboxylic acids is 4. The van der Waals surface area contributed by atoms with Crippen LogP contribution in [0.5, 0.6) is 5.75 Å². The molecule has 7 N–H and O–H groups in total. The highest BCUT2D eigenvalue weighted by atomic mass is 19.1. The molecule has 0 saturated heterocycles. The molecule has 3 aliphatic carbocycles. The van der Waals surface area contributed by atoms with E-state index >= 15 is 4.39 Å². The van der Waals surface area contributed by atoms with Gasteiger partial charge in [0.15, 0.2) is 17.1 Å². The molecule has 3 aliphatic rings. The SMILES string of the molecule is CCN(CC)CC(=O)Nc1cc(F)c2c(c1O)C(=O)C1=C(O)[C@]3(O)C(=O)C(C(N)=O)=C(O)C[C@@H]3CC1C2. The van der Waals surface area contributed by atoms with Crippen LogP contribution in [0.1, 0.15) is 42.6 Å². The summed E-state index contributed by atoms with van der Waals surface area (Å²) < 4.78 is 15.2. The number of aliphatic hydroxyl groups is 3. The molecule has 11 nitrogen and oxygen atoms in total. The average molecular weight is 518 g/mol. The molecule has 0 fully saturated rings. The number of phenolic OH excluding ortho intramolecular Hbond substituents is 1. The zero-order valence-electron chi connectivity index (χ0n) is 20.3. The number of primary amides is 1. The largest absolute Gasteiger partial charge is 0.511 e. The second kappa shape index (κ2) is 9.27. The lowest BCUT2D eigenvalue weighted by Crippen LogP contribution is -2.57. The Balaban J connectivity index is 1.77. The Labute approximate surface area is 211 Å². The molecule has 0 bridgehead atoms. The molecule has 1 aromatic carbocycles. The van der Waals surface area contributed by atoms with Gasteiger partial charge in [-0.25, -0.2) is 4.39 Å². The number of aliphatic hydroxyl groups excluding tert-OH is 2. The smallest absolute Gasteiger partial charge is 0.255 e. The Morgan fingerprint density at radius 2 is 1.84 bits per heavy atom. The summed E-state index contributed by atoms with van der Waals surface area (Å²) in [6.07, 6.45) is -0.645. The van der Waals surface area contributed by atoms with E-state index in [1.54, 1.807) is 4.90 Å². The number of hydrogen-bond donors (Lipinski definition) is 6. The lowest BCUT2D eigenvalue weighted by Gasteiger charge is -2.45. The van der Waals surface area contributed by atoms with E-state index in [1.165, 1.54) is 0 Å². The number of nitrogens with two attached hydrogens (primary N) is 1. The van der Waals surface area contributed by atoms with Crippen molar-refractivity contribution in [2.75, 3.05) is 25.0 Å². The standard InChI is InChI=1S/C25H28FN3O8/c1-3-29(4-2)9-16(31)28-14-8-13(26)12-6-10-5-11-7-15(30)19(24(27)36)23(35)25(11,37)22(34)17(10)21(33)18(12)20(14)32/h8,10-11,30,32,34,37H,3-7,9H2,1-2H3,(H2,27,36)(H,28,31)/t10?,11-,25-/m0/s1. The van der Waals surface area contributed by atoms with Crippen molar-refractivity contribution in [2.45, 2.75) is 38.7 Å². The molecule has 4 rings (SSSR count). The van der Waals surface area contributed by atoms with E-state index in [9.17, 15) is 39.6 Å². The zero-order valence-corrected chi connectivity index (χ0v) is 20.3. The fraction of sp³-hybridized carbons (Fsp3) is 0.440. The molecule has 0 aromatic heterocycles. The van der Waals surface area contributed by atoms with Crippen LogP contribution in [0, 0.1) is 17.7 Å². The number of likely N-dealkylation sites (N-methyl/N-ethyl adjacent to an activating group) is 1. The second-order valence-corrected chi connectivity index (χ2v) is 9.53. The van der Waals surface area contributed by atoms with Gasteiger partial charge in [-0.2, -0.15) is 0 Å². The van der Waals surface area contributed by atoms with Gasteiger partial charge in [-0.05, 0) is 31.8 Å². The Morgan fingerprint density at radius 1 is 1.19 bits per heavy atom. The molecule has 0 aliphatic heterocycles. The number of nitrogens with zero attached hydrogens (tertiary/aromatic N) is 1. The number of carbonyl (C=O) groups is 4. The Bertz CT molecular complexity index is 1300. The molecule has 198 valence electrons. The number of nitrogens with one attached hydrogen (secondary N) is 1. The first-order chi connectivity index (χ1) is 17.4. The van der Waals surface area contributed by atoms with E-state index in [4.69, 9.17) is 5.73 Å². The summed E-state index contributed by atoms with van der Waals surface area (Å²) in [4.78, 5) is 52.4. The van der Waals surface area contributed by atoms with Gasteiger partial charge in [0.05, 0.1) is 17.8 Å². The highest BCUT2D eigenvalue weighted by Crippen LogP contribution is 2.52. The fourth-order valence-electron chi connectivity index (χ4n) is 5.58. The maximum atomic E-state index is 15.2. The molecule has 3 atom stereocenters. The minimum absolute atomic E-state index is 0.0355. The van der Waals surface area contributed by atoms with Gasteiger partial charge >= 0.3 is 0 Å². The van der Waals surface area contributed by atoms with Gasteiger partial charge in [0.1, 0.15) is 22.9 Å². The van der Waals surface area contributed by atoms with E-state index < -0.39 is 80.6 Å². The van der Waals surface area contributed by atoms with Crippen molar-refractivity contribution in [3.63, 3.8) is 0 Å². The first-order valence-corrected chi connectivity index (χ1v) is 11.9. The number of fused-ring (bicyclic) bond motifs is 3. The Hall–Kier alpha value is -3.77. The van der Waals surface area contributed by atoms with Gasteiger partial charge in [-0.3, -0.25) is 24.1 Å². The van der Waals surface area contributed by atoms with Gasteiger partial charge in [0, 0.05) is 29.5 Å². The fourth-order valence-corrected chi connectivity index (χ4v) is 5.58.